The van der Waals surface area contributed by atoms with Crippen molar-refractivity contribution in [2.45, 2.75) is 81.1 Å². The van der Waals surface area contributed by atoms with E-state index >= 15 is 0 Å². The summed E-state index contributed by atoms with van der Waals surface area (Å²) in [5, 5.41) is 15.6. The van der Waals surface area contributed by atoms with E-state index in [0.717, 1.165) is 4.68 Å². The van der Waals surface area contributed by atoms with Crippen LogP contribution < -0.4 is 0 Å². The number of aromatic nitrogens is 6. The summed E-state index contributed by atoms with van der Waals surface area (Å²) in [6.07, 6.45) is -4.60. The second-order valence-corrected chi connectivity index (χ2v) is 11.3. The first-order chi connectivity index (χ1) is 19.3. The molecular weight excluding hydrogens is 579 g/mol. The molecule has 6 rings (SSSR count). The van der Waals surface area contributed by atoms with Crippen LogP contribution in [0.5, 0.6) is 0 Å². The van der Waals surface area contributed by atoms with Gasteiger partial charge in [-0.05, 0) is 38.8 Å². The summed E-state index contributed by atoms with van der Waals surface area (Å²) in [5.74, 6) is -3.36. The SMILES string of the molecule is CO[C@@H]1[C@@H](n2cc(-c3ccc(Cl)c(F)c3F)nn2)[C@H]2OC(C)(C)OC[C@H]2O[C@@H]1Cc1cn(C2(C(F)(F)F)CC2)nn1. The number of halogens is 6. The van der Waals surface area contributed by atoms with Crippen molar-refractivity contribution in [1.29, 1.82) is 0 Å². The van der Waals surface area contributed by atoms with Crippen molar-refractivity contribution in [2.24, 2.45) is 0 Å². The molecule has 5 atom stereocenters. The lowest BCUT2D eigenvalue weighted by Crippen LogP contribution is -2.62. The molecule has 0 spiro atoms. The second-order valence-electron chi connectivity index (χ2n) is 10.9. The van der Waals surface area contributed by atoms with Crippen LogP contribution in [0, 0.1) is 11.6 Å². The monoisotopic (exact) mass is 604 g/mol. The van der Waals surface area contributed by atoms with Crippen LogP contribution in [0.15, 0.2) is 24.5 Å². The Morgan fingerprint density at radius 3 is 2.54 bits per heavy atom. The first-order valence-electron chi connectivity index (χ1n) is 12.9. The highest BCUT2D eigenvalue weighted by Gasteiger charge is 2.66. The molecule has 0 amide bonds. The zero-order valence-corrected chi connectivity index (χ0v) is 22.9. The zero-order chi connectivity index (χ0) is 29.3. The topological polar surface area (TPSA) is 98.3 Å². The van der Waals surface area contributed by atoms with Gasteiger partial charge in [-0.25, -0.2) is 18.1 Å². The lowest BCUT2D eigenvalue weighted by Gasteiger charge is -2.51. The molecule has 3 aliphatic rings. The highest BCUT2D eigenvalue weighted by molar-refractivity contribution is 6.30. The summed E-state index contributed by atoms with van der Waals surface area (Å²) < 4.78 is 96.2. The number of ether oxygens (including phenoxy) is 4. The van der Waals surface area contributed by atoms with Gasteiger partial charge in [-0.2, -0.15) is 13.2 Å². The molecule has 4 heterocycles. The number of methoxy groups -OCH3 is 1. The van der Waals surface area contributed by atoms with Crippen LogP contribution >= 0.6 is 11.6 Å². The van der Waals surface area contributed by atoms with Crippen molar-refractivity contribution in [3.05, 3.63) is 46.9 Å². The van der Waals surface area contributed by atoms with E-state index in [9.17, 15) is 22.0 Å². The molecule has 1 saturated carbocycles. The molecule has 41 heavy (non-hydrogen) atoms. The Balaban J connectivity index is 1.33. The van der Waals surface area contributed by atoms with Gasteiger partial charge in [0, 0.05) is 25.3 Å². The van der Waals surface area contributed by atoms with E-state index < -0.39 is 59.6 Å². The predicted octanol–water partition coefficient (Wildman–Crippen LogP) is 4.24. The molecule has 0 N–H and O–H groups in total. The van der Waals surface area contributed by atoms with E-state index in [2.05, 4.69) is 20.6 Å². The Morgan fingerprint density at radius 1 is 1.10 bits per heavy atom. The van der Waals surface area contributed by atoms with E-state index in [1.807, 2.05) is 0 Å². The van der Waals surface area contributed by atoms with Crippen molar-refractivity contribution in [2.75, 3.05) is 13.7 Å². The molecular formula is C25H26ClF5N6O4. The lowest BCUT2D eigenvalue weighted by molar-refractivity contribution is -0.349. The van der Waals surface area contributed by atoms with Gasteiger partial charge in [-0.3, -0.25) is 0 Å². The van der Waals surface area contributed by atoms with Crippen LogP contribution in [-0.2, 0) is 30.9 Å². The predicted molar refractivity (Wildman–Crippen MR) is 131 cm³/mol. The van der Waals surface area contributed by atoms with Gasteiger partial charge in [0.2, 0.25) is 0 Å². The number of hydrogen-bond donors (Lipinski definition) is 0. The summed E-state index contributed by atoms with van der Waals surface area (Å²) in [6.45, 7) is 3.61. The van der Waals surface area contributed by atoms with E-state index in [0.29, 0.717) is 0 Å². The van der Waals surface area contributed by atoms with Crippen LogP contribution in [0.1, 0.15) is 38.4 Å². The average Bonchev–Trinajstić information content (AvgIpc) is 3.38. The standard InChI is InChI=1S/C25H26ClF5N6O4/c1-23(2)39-11-17-22(41-23)20(36-10-15(33-34-36)13-4-5-14(26)19(28)18(13)27)21(38-3)16(40-17)8-12-9-37(35-32-12)24(6-7-24)25(29,30)31/h4-5,9-10,16-17,20-22H,6-8,11H2,1-3H3/t16-,17-,20-,21+,22+/m1/s1. The van der Waals surface area contributed by atoms with Crippen LogP contribution in [0.4, 0.5) is 22.0 Å². The number of rotatable bonds is 6. The maximum atomic E-state index is 14.7. The molecule has 0 unspecified atom stereocenters. The third-order valence-corrected chi connectivity index (χ3v) is 8.10. The minimum atomic E-state index is -4.45. The molecule has 0 radical (unpaired) electrons. The van der Waals surface area contributed by atoms with Gasteiger partial charge >= 0.3 is 6.18 Å². The molecule has 222 valence electrons. The van der Waals surface area contributed by atoms with E-state index in [1.54, 1.807) is 13.8 Å². The fraction of sp³-hybridized carbons (Fsp3) is 0.600. The number of alkyl halides is 3. The normalized spacial score (nSPS) is 28.9. The third kappa shape index (κ3) is 4.90. The number of fused-ring (bicyclic) bond motifs is 1. The fourth-order valence-electron chi connectivity index (χ4n) is 5.52. The molecule has 2 saturated heterocycles. The molecule has 1 aliphatic carbocycles. The van der Waals surface area contributed by atoms with Crippen molar-refractivity contribution in [3.63, 3.8) is 0 Å². The van der Waals surface area contributed by atoms with Crippen LogP contribution in [0.25, 0.3) is 11.3 Å². The maximum absolute atomic E-state index is 14.7. The van der Waals surface area contributed by atoms with Crippen LogP contribution in [0.2, 0.25) is 5.02 Å². The molecule has 3 fully saturated rings. The van der Waals surface area contributed by atoms with E-state index in [1.165, 1.54) is 36.3 Å². The van der Waals surface area contributed by atoms with Gasteiger partial charge in [-0.15, -0.1) is 10.2 Å². The van der Waals surface area contributed by atoms with Gasteiger partial charge in [0.05, 0.1) is 29.6 Å². The summed E-state index contributed by atoms with van der Waals surface area (Å²) in [4.78, 5) is 0. The van der Waals surface area contributed by atoms with E-state index in [4.69, 9.17) is 30.5 Å². The average molecular weight is 605 g/mol. The third-order valence-electron chi connectivity index (χ3n) is 7.81. The molecule has 0 bridgehead atoms. The molecule has 2 aliphatic heterocycles. The molecule has 3 aromatic rings. The smallest absolute Gasteiger partial charge is 0.376 e. The van der Waals surface area contributed by atoms with Crippen molar-refractivity contribution in [1.82, 2.24) is 30.0 Å². The maximum Gasteiger partial charge on any atom is 0.413 e. The first kappa shape index (κ1) is 28.4. The highest BCUT2D eigenvalue weighted by Crippen LogP contribution is 2.55. The highest BCUT2D eigenvalue weighted by atomic mass is 35.5. The Labute approximate surface area is 235 Å². The largest absolute Gasteiger partial charge is 0.413 e. The van der Waals surface area contributed by atoms with Gasteiger partial charge in [0.25, 0.3) is 0 Å². The molecule has 10 nitrogen and oxygen atoms in total. The second kappa shape index (κ2) is 9.93. The fourth-order valence-corrected chi connectivity index (χ4v) is 5.67. The Kier molecular flexibility index (Phi) is 6.88. The summed E-state index contributed by atoms with van der Waals surface area (Å²) >= 11 is 5.69. The number of benzene rings is 1. The molecule has 16 heteroatoms. The minimum absolute atomic E-state index is 0.0451. The van der Waals surface area contributed by atoms with Gasteiger partial charge in [0.1, 0.15) is 30.0 Å². The quantitative estimate of drug-likeness (QED) is 0.305. The van der Waals surface area contributed by atoms with Crippen molar-refractivity contribution < 1.29 is 40.9 Å². The van der Waals surface area contributed by atoms with Crippen LogP contribution in [-0.4, -0.2) is 80.1 Å². The Bertz CT molecular complexity index is 1440. The Morgan fingerprint density at radius 2 is 1.85 bits per heavy atom. The lowest BCUT2D eigenvalue weighted by atomic mass is 9.89. The number of hydrogen-bond acceptors (Lipinski definition) is 8. The summed E-state index contributed by atoms with van der Waals surface area (Å²) in [6, 6.07) is 1.81. The van der Waals surface area contributed by atoms with E-state index in [-0.39, 0.29) is 47.8 Å². The van der Waals surface area contributed by atoms with Crippen LogP contribution in [0.3, 0.4) is 0 Å². The van der Waals surface area contributed by atoms with Gasteiger partial charge in [0.15, 0.2) is 23.0 Å². The molecule has 1 aromatic carbocycles. The summed E-state index contributed by atoms with van der Waals surface area (Å²) in [5.41, 5.74) is -1.86. The minimum Gasteiger partial charge on any atom is -0.376 e. The zero-order valence-electron chi connectivity index (χ0n) is 22.1. The van der Waals surface area contributed by atoms with Gasteiger partial charge < -0.3 is 18.9 Å². The molecule has 2 aromatic heterocycles. The van der Waals surface area contributed by atoms with Gasteiger partial charge in [-0.1, -0.05) is 22.0 Å². The van der Waals surface area contributed by atoms with Crippen molar-refractivity contribution in [3.8, 4) is 11.3 Å². The summed E-state index contributed by atoms with van der Waals surface area (Å²) in [7, 11) is 1.45. The number of nitrogens with zero attached hydrogens (tertiary/aromatic N) is 6. The Hall–Kier alpha value is -2.72. The first-order valence-corrected chi connectivity index (χ1v) is 13.3. The van der Waals surface area contributed by atoms with Crippen molar-refractivity contribution >= 4 is 11.6 Å².